The Morgan fingerprint density at radius 1 is 1.16 bits per heavy atom. The molecule has 1 aromatic carbocycles. The number of benzene rings is 1. The van der Waals surface area contributed by atoms with E-state index < -0.39 is 22.0 Å². The first kappa shape index (κ1) is 21.3. The van der Waals surface area contributed by atoms with Crippen molar-refractivity contribution in [2.75, 3.05) is 19.8 Å². The fraction of sp³-hybridized carbons (Fsp3) is 0.350. The largest absolute Gasteiger partial charge is 0.368 e. The zero-order valence-corrected chi connectivity index (χ0v) is 18.3. The van der Waals surface area contributed by atoms with Crippen molar-refractivity contribution in [1.29, 1.82) is 0 Å². The summed E-state index contributed by atoms with van der Waals surface area (Å²) in [6.07, 6.45) is 1.19. The van der Waals surface area contributed by atoms with Crippen molar-refractivity contribution < 1.29 is 17.5 Å². The van der Waals surface area contributed by atoms with Crippen LogP contribution < -0.4 is 5.73 Å². The second-order valence-electron chi connectivity index (χ2n) is 7.84. The Labute approximate surface area is 179 Å². The quantitative estimate of drug-likeness (QED) is 0.642. The first-order valence-electron chi connectivity index (χ1n) is 9.63. The molecule has 0 amide bonds. The fourth-order valence-corrected chi connectivity index (χ4v) is 4.36. The van der Waals surface area contributed by atoms with E-state index in [0.29, 0.717) is 16.8 Å². The lowest BCUT2D eigenvalue weighted by Crippen LogP contribution is -2.34. The van der Waals surface area contributed by atoms with Gasteiger partial charge in [0, 0.05) is 26.2 Å². The third-order valence-electron chi connectivity index (χ3n) is 5.12. The van der Waals surface area contributed by atoms with Crippen molar-refractivity contribution in [3.05, 3.63) is 53.5 Å². The summed E-state index contributed by atoms with van der Waals surface area (Å²) in [5.74, 6) is -0.511. The molecule has 2 N–H and O–H groups in total. The molecule has 9 nitrogen and oxygen atoms in total. The third kappa shape index (κ3) is 3.38. The van der Waals surface area contributed by atoms with Gasteiger partial charge >= 0.3 is 10.2 Å². The molecule has 0 saturated carbocycles. The Kier molecular flexibility index (Phi) is 5.07. The van der Waals surface area contributed by atoms with E-state index in [4.69, 9.17) is 10.5 Å². The van der Waals surface area contributed by atoms with Crippen LogP contribution in [-0.2, 0) is 20.5 Å². The molecule has 2 atom stereocenters. The van der Waals surface area contributed by atoms with E-state index in [1.54, 1.807) is 30.5 Å². The molecule has 0 saturated heterocycles. The van der Waals surface area contributed by atoms with Gasteiger partial charge in [-0.1, -0.05) is 26.0 Å². The summed E-state index contributed by atoms with van der Waals surface area (Å²) in [7, 11) is -1.18. The Hall–Kier alpha value is -2.89. The molecule has 0 radical (unpaired) electrons. The van der Waals surface area contributed by atoms with Gasteiger partial charge in [0.1, 0.15) is 11.3 Å². The van der Waals surface area contributed by atoms with Gasteiger partial charge in [0.25, 0.3) is 0 Å². The maximum atomic E-state index is 13.6. The Balaban J connectivity index is 1.96. The Morgan fingerprint density at radius 2 is 1.84 bits per heavy atom. The van der Waals surface area contributed by atoms with Crippen molar-refractivity contribution in [1.82, 2.24) is 18.2 Å². The molecule has 2 unspecified atom stereocenters. The van der Waals surface area contributed by atoms with Gasteiger partial charge in [-0.2, -0.15) is 16.7 Å². The van der Waals surface area contributed by atoms with E-state index in [9.17, 15) is 12.8 Å². The molecule has 0 aliphatic carbocycles. The average Bonchev–Trinajstić information content (AvgIpc) is 3.30. The lowest BCUT2D eigenvalue weighted by atomic mass is 9.91. The first-order valence-corrected chi connectivity index (χ1v) is 11.0. The highest BCUT2D eigenvalue weighted by atomic mass is 32.2. The SMILES string of the molecule is CC(C)C1N=CC(c2ccc(F)cc2)(c2ccc3nc(N)n(S(=O)(=O)N(C)C)c3n2)O1. The fourth-order valence-electron chi connectivity index (χ4n) is 3.41. The number of imidazole rings is 1. The molecular formula is C20H23FN6O3S. The molecule has 0 fully saturated rings. The smallest absolute Gasteiger partial charge is 0.311 e. The molecule has 1 aliphatic heterocycles. The van der Waals surface area contributed by atoms with Gasteiger partial charge in [0.2, 0.25) is 5.95 Å². The number of aromatic nitrogens is 3. The van der Waals surface area contributed by atoms with Crippen LogP contribution in [-0.4, -0.2) is 53.2 Å². The van der Waals surface area contributed by atoms with Crippen LogP contribution >= 0.6 is 0 Å². The summed E-state index contributed by atoms with van der Waals surface area (Å²) >= 11 is 0. The number of aliphatic imine (C=N–C) groups is 1. The topological polar surface area (TPSA) is 116 Å². The third-order valence-corrected chi connectivity index (χ3v) is 6.86. The highest BCUT2D eigenvalue weighted by molar-refractivity contribution is 7.87. The minimum absolute atomic E-state index is 0.0650. The number of ether oxygens (including phenoxy) is 1. The number of rotatable bonds is 5. The van der Waals surface area contributed by atoms with Crippen LogP contribution in [0.15, 0.2) is 41.4 Å². The van der Waals surface area contributed by atoms with Crippen LogP contribution in [0.2, 0.25) is 0 Å². The van der Waals surface area contributed by atoms with Crippen molar-refractivity contribution in [2.24, 2.45) is 10.9 Å². The number of anilines is 1. The predicted molar refractivity (Wildman–Crippen MR) is 115 cm³/mol. The Bertz CT molecular complexity index is 1270. The lowest BCUT2D eigenvalue weighted by molar-refractivity contribution is -0.0264. The average molecular weight is 447 g/mol. The minimum atomic E-state index is -3.97. The number of halogens is 1. The predicted octanol–water partition coefficient (Wildman–Crippen LogP) is 2.13. The summed E-state index contributed by atoms with van der Waals surface area (Å²) in [5.41, 5.74) is 6.07. The van der Waals surface area contributed by atoms with Crippen molar-refractivity contribution in [3.8, 4) is 0 Å². The van der Waals surface area contributed by atoms with Crippen molar-refractivity contribution >= 4 is 33.5 Å². The monoisotopic (exact) mass is 446 g/mol. The number of hydrogen-bond acceptors (Lipinski definition) is 7. The lowest BCUT2D eigenvalue weighted by Gasteiger charge is -2.28. The Morgan fingerprint density at radius 3 is 2.42 bits per heavy atom. The van der Waals surface area contributed by atoms with E-state index in [1.165, 1.54) is 26.2 Å². The molecule has 31 heavy (non-hydrogen) atoms. The van der Waals surface area contributed by atoms with Gasteiger partial charge in [-0.25, -0.2) is 14.4 Å². The summed E-state index contributed by atoms with van der Waals surface area (Å²) in [6.45, 7) is 3.94. The number of hydrogen-bond donors (Lipinski definition) is 1. The summed E-state index contributed by atoms with van der Waals surface area (Å²) in [4.78, 5) is 13.2. The molecule has 11 heteroatoms. The summed E-state index contributed by atoms with van der Waals surface area (Å²) in [5, 5.41) is 0. The number of nitrogens with two attached hydrogens (primary N) is 1. The molecule has 0 spiro atoms. The van der Waals surface area contributed by atoms with Gasteiger partial charge in [-0.3, -0.25) is 4.99 Å². The maximum Gasteiger partial charge on any atom is 0.311 e. The first-order chi connectivity index (χ1) is 14.6. The molecule has 3 aromatic rings. The molecular weight excluding hydrogens is 423 g/mol. The highest BCUT2D eigenvalue weighted by Gasteiger charge is 2.43. The molecule has 4 rings (SSSR count). The van der Waals surface area contributed by atoms with E-state index in [1.807, 2.05) is 13.8 Å². The van der Waals surface area contributed by atoms with E-state index in [-0.39, 0.29) is 23.3 Å². The van der Waals surface area contributed by atoms with Crippen LogP contribution in [0.1, 0.15) is 25.1 Å². The number of nitrogens with zero attached hydrogens (tertiary/aromatic N) is 5. The van der Waals surface area contributed by atoms with Crippen LogP contribution in [0.25, 0.3) is 11.2 Å². The van der Waals surface area contributed by atoms with Crippen LogP contribution in [0, 0.1) is 11.7 Å². The molecule has 164 valence electrons. The van der Waals surface area contributed by atoms with Crippen molar-refractivity contribution in [3.63, 3.8) is 0 Å². The zero-order chi connectivity index (χ0) is 22.6. The van der Waals surface area contributed by atoms with E-state index in [0.717, 1.165) is 8.28 Å². The second-order valence-corrected chi connectivity index (χ2v) is 9.83. The van der Waals surface area contributed by atoms with Gasteiger partial charge in [0.05, 0.1) is 5.69 Å². The normalized spacial score (nSPS) is 21.6. The van der Waals surface area contributed by atoms with Gasteiger partial charge in [0.15, 0.2) is 17.5 Å². The minimum Gasteiger partial charge on any atom is -0.368 e. The molecule has 1 aliphatic rings. The maximum absolute atomic E-state index is 13.6. The second kappa shape index (κ2) is 7.36. The molecule has 3 heterocycles. The van der Waals surface area contributed by atoms with Crippen LogP contribution in [0.3, 0.4) is 0 Å². The molecule has 0 bridgehead atoms. The zero-order valence-electron chi connectivity index (χ0n) is 17.5. The number of fused-ring (bicyclic) bond motifs is 1. The van der Waals surface area contributed by atoms with Gasteiger partial charge < -0.3 is 10.5 Å². The van der Waals surface area contributed by atoms with E-state index >= 15 is 0 Å². The summed E-state index contributed by atoms with van der Waals surface area (Å²) in [6, 6.07) is 9.15. The highest BCUT2D eigenvalue weighted by Crippen LogP contribution is 2.39. The van der Waals surface area contributed by atoms with Gasteiger partial charge in [-0.05, 0) is 29.8 Å². The standard InChI is InChI=1S/C20H23FN6O3S/c1-12(2)18-23-11-20(30-18,13-5-7-14(21)8-6-13)16-10-9-15-17(25-16)27(19(22)24-15)31(28,29)26(3)4/h5-12,18H,1-4H3,(H2,22,24). The van der Waals surface area contributed by atoms with Gasteiger partial charge in [-0.15, -0.1) is 0 Å². The summed E-state index contributed by atoms with van der Waals surface area (Å²) < 4.78 is 47.5. The molecule has 2 aromatic heterocycles. The van der Waals surface area contributed by atoms with Crippen LogP contribution in [0.4, 0.5) is 10.3 Å². The van der Waals surface area contributed by atoms with E-state index in [2.05, 4.69) is 15.0 Å². The van der Waals surface area contributed by atoms with Crippen LogP contribution in [0.5, 0.6) is 0 Å². The number of nitrogen functional groups attached to an aromatic ring is 1. The number of pyridine rings is 1. The van der Waals surface area contributed by atoms with Crippen molar-refractivity contribution in [2.45, 2.75) is 25.7 Å².